The Hall–Kier alpha value is -2.62. The molecule has 0 unspecified atom stereocenters. The Morgan fingerprint density at radius 3 is 1.90 bits per heavy atom. The summed E-state index contributed by atoms with van der Waals surface area (Å²) in [7, 11) is 0. The van der Waals surface area contributed by atoms with E-state index in [0.29, 0.717) is 18.7 Å². The van der Waals surface area contributed by atoms with Crippen LogP contribution in [0.5, 0.6) is 0 Å². The van der Waals surface area contributed by atoms with Crippen LogP contribution in [0, 0.1) is 0 Å². The Labute approximate surface area is 123 Å². The lowest BCUT2D eigenvalue weighted by Gasteiger charge is -2.18. The van der Waals surface area contributed by atoms with Crippen molar-refractivity contribution in [2.24, 2.45) is 0 Å². The molecule has 3 rings (SSSR count). The Kier molecular flexibility index (Phi) is 3.44. The van der Waals surface area contributed by atoms with E-state index in [-0.39, 0.29) is 11.8 Å². The molecule has 0 saturated carbocycles. The predicted molar refractivity (Wildman–Crippen MR) is 83.0 cm³/mol. The lowest BCUT2D eigenvalue weighted by Crippen LogP contribution is -2.31. The highest BCUT2D eigenvalue weighted by Gasteiger charge is 2.30. The summed E-state index contributed by atoms with van der Waals surface area (Å²) >= 11 is 0. The number of carbonyl (C=O) groups excluding carboxylic acids is 2. The van der Waals surface area contributed by atoms with Gasteiger partial charge in [0, 0.05) is 30.0 Å². The predicted octanol–water partition coefficient (Wildman–Crippen LogP) is 3.34. The van der Waals surface area contributed by atoms with Gasteiger partial charge in [-0.25, -0.2) is 4.79 Å². The molecule has 1 fully saturated rings. The molecule has 0 bridgehead atoms. The van der Waals surface area contributed by atoms with E-state index in [2.05, 4.69) is 0 Å². The zero-order chi connectivity index (χ0) is 14.8. The van der Waals surface area contributed by atoms with Crippen LogP contribution in [0.3, 0.4) is 0 Å². The van der Waals surface area contributed by atoms with Gasteiger partial charge in [-0.15, -0.1) is 0 Å². The first-order valence-corrected chi connectivity index (χ1v) is 6.92. The van der Waals surface area contributed by atoms with Gasteiger partial charge in [0.15, 0.2) is 5.78 Å². The second-order valence-corrected chi connectivity index (χ2v) is 5.02. The number of anilines is 2. The van der Waals surface area contributed by atoms with Crippen LogP contribution in [0.4, 0.5) is 16.2 Å². The molecule has 0 radical (unpaired) electrons. The zero-order valence-electron chi connectivity index (χ0n) is 11.8. The van der Waals surface area contributed by atoms with E-state index in [9.17, 15) is 9.59 Å². The minimum absolute atomic E-state index is 0.0280. The van der Waals surface area contributed by atoms with Gasteiger partial charge in [-0.3, -0.25) is 14.6 Å². The average molecular weight is 280 g/mol. The van der Waals surface area contributed by atoms with Gasteiger partial charge in [0.2, 0.25) is 0 Å². The first kappa shape index (κ1) is 13.4. The van der Waals surface area contributed by atoms with Crippen LogP contribution in [-0.4, -0.2) is 24.9 Å². The third-order valence-corrected chi connectivity index (χ3v) is 3.66. The number of hydrogen-bond acceptors (Lipinski definition) is 2. The minimum Gasteiger partial charge on any atom is -0.295 e. The third-order valence-electron chi connectivity index (χ3n) is 3.66. The summed E-state index contributed by atoms with van der Waals surface area (Å²) in [6.45, 7) is 2.84. The molecule has 21 heavy (non-hydrogen) atoms. The SMILES string of the molecule is CC(=O)c1ccc(N2CCN(c3ccccc3)C2=O)cc1. The Balaban J connectivity index is 1.82. The fourth-order valence-electron chi connectivity index (χ4n) is 2.50. The molecule has 0 atom stereocenters. The summed E-state index contributed by atoms with van der Waals surface area (Å²) < 4.78 is 0. The van der Waals surface area contributed by atoms with Gasteiger partial charge in [-0.2, -0.15) is 0 Å². The fraction of sp³-hybridized carbons (Fsp3) is 0.176. The van der Waals surface area contributed by atoms with E-state index in [4.69, 9.17) is 0 Å². The first-order valence-electron chi connectivity index (χ1n) is 6.92. The number of carbonyl (C=O) groups is 2. The van der Waals surface area contributed by atoms with Gasteiger partial charge in [0.25, 0.3) is 0 Å². The van der Waals surface area contributed by atoms with Crippen molar-refractivity contribution in [2.75, 3.05) is 22.9 Å². The molecule has 1 aliphatic rings. The van der Waals surface area contributed by atoms with Crippen LogP contribution in [0.15, 0.2) is 54.6 Å². The van der Waals surface area contributed by atoms with E-state index in [1.807, 2.05) is 42.5 Å². The number of hydrogen-bond donors (Lipinski definition) is 0. The van der Waals surface area contributed by atoms with Crippen molar-refractivity contribution in [1.82, 2.24) is 0 Å². The smallest absolute Gasteiger partial charge is 0.295 e. The van der Waals surface area contributed by atoms with E-state index in [0.717, 1.165) is 11.4 Å². The number of urea groups is 1. The van der Waals surface area contributed by atoms with Gasteiger partial charge >= 0.3 is 6.03 Å². The van der Waals surface area contributed by atoms with E-state index in [1.54, 1.807) is 21.9 Å². The van der Waals surface area contributed by atoms with Gasteiger partial charge in [-0.1, -0.05) is 18.2 Å². The van der Waals surface area contributed by atoms with Crippen LogP contribution in [0.2, 0.25) is 0 Å². The van der Waals surface area contributed by atoms with Crippen molar-refractivity contribution in [3.8, 4) is 0 Å². The molecule has 4 nitrogen and oxygen atoms in total. The molecule has 2 amide bonds. The fourth-order valence-corrected chi connectivity index (χ4v) is 2.50. The number of rotatable bonds is 3. The minimum atomic E-state index is -0.0308. The molecule has 106 valence electrons. The van der Waals surface area contributed by atoms with E-state index < -0.39 is 0 Å². The molecule has 1 aliphatic heterocycles. The second kappa shape index (κ2) is 5.40. The maximum absolute atomic E-state index is 12.5. The number of benzene rings is 2. The second-order valence-electron chi connectivity index (χ2n) is 5.02. The number of amides is 2. The van der Waals surface area contributed by atoms with E-state index >= 15 is 0 Å². The standard InChI is InChI=1S/C17H16N2O2/c1-13(20)14-7-9-16(10-8-14)19-12-11-18(17(19)21)15-5-3-2-4-6-15/h2-10H,11-12H2,1H3. The van der Waals surface area contributed by atoms with Crippen molar-refractivity contribution in [3.05, 3.63) is 60.2 Å². The lowest BCUT2D eigenvalue weighted by molar-refractivity contribution is 0.101. The van der Waals surface area contributed by atoms with Gasteiger partial charge in [0.05, 0.1) is 0 Å². The van der Waals surface area contributed by atoms with Gasteiger partial charge in [-0.05, 0) is 43.3 Å². The third kappa shape index (κ3) is 2.52. The highest BCUT2D eigenvalue weighted by molar-refractivity contribution is 6.06. The van der Waals surface area contributed by atoms with Crippen molar-refractivity contribution in [3.63, 3.8) is 0 Å². The highest BCUT2D eigenvalue weighted by Crippen LogP contribution is 2.25. The summed E-state index contributed by atoms with van der Waals surface area (Å²) in [5, 5.41) is 0. The molecule has 0 aromatic heterocycles. The molecular formula is C17H16N2O2. The monoisotopic (exact) mass is 280 g/mol. The van der Waals surface area contributed by atoms with Gasteiger partial charge in [0.1, 0.15) is 0 Å². The normalized spacial score (nSPS) is 14.6. The van der Waals surface area contributed by atoms with E-state index in [1.165, 1.54) is 6.92 Å². The number of nitrogens with zero attached hydrogens (tertiary/aromatic N) is 2. The Morgan fingerprint density at radius 2 is 1.38 bits per heavy atom. The zero-order valence-corrected chi connectivity index (χ0v) is 11.8. The molecule has 0 spiro atoms. The molecule has 2 aromatic carbocycles. The quantitative estimate of drug-likeness (QED) is 0.809. The maximum atomic E-state index is 12.5. The van der Waals surface area contributed by atoms with Crippen LogP contribution < -0.4 is 9.80 Å². The topological polar surface area (TPSA) is 40.6 Å². The largest absolute Gasteiger partial charge is 0.329 e. The van der Waals surface area contributed by atoms with Crippen LogP contribution in [0.25, 0.3) is 0 Å². The maximum Gasteiger partial charge on any atom is 0.329 e. The van der Waals surface area contributed by atoms with Crippen molar-refractivity contribution >= 4 is 23.2 Å². The summed E-state index contributed by atoms with van der Waals surface area (Å²) in [5.74, 6) is 0.0280. The van der Waals surface area contributed by atoms with Crippen LogP contribution >= 0.6 is 0 Å². The summed E-state index contributed by atoms with van der Waals surface area (Å²) in [6.07, 6.45) is 0. The van der Waals surface area contributed by atoms with Gasteiger partial charge < -0.3 is 0 Å². The molecule has 4 heteroatoms. The first-order chi connectivity index (χ1) is 10.2. The number of Topliss-reactive ketones (excluding diaryl/α,β-unsaturated/α-hetero) is 1. The summed E-state index contributed by atoms with van der Waals surface area (Å²) in [5.41, 5.74) is 2.39. The van der Waals surface area contributed by atoms with Crippen molar-refractivity contribution in [2.45, 2.75) is 6.92 Å². The molecular weight excluding hydrogens is 264 g/mol. The van der Waals surface area contributed by atoms with Crippen LogP contribution in [0.1, 0.15) is 17.3 Å². The molecule has 1 saturated heterocycles. The Morgan fingerprint density at radius 1 is 0.857 bits per heavy atom. The Bertz CT molecular complexity index is 665. The number of ketones is 1. The summed E-state index contributed by atoms with van der Waals surface area (Å²) in [6, 6.07) is 16.8. The molecule has 2 aromatic rings. The molecule has 0 N–H and O–H groups in total. The van der Waals surface area contributed by atoms with Crippen molar-refractivity contribution in [1.29, 1.82) is 0 Å². The molecule has 1 heterocycles. The lowest BCUT2D eigenvalue weighted by atomic mass is 10.1. The number of para-hydroxylation sites is 1. The molecule has 0 aliphatic carbocycles. The highest BCUT2D eigenvalue weighted by atomic mass is 16.2. The van der Waals surface area contributed by atoms with Crippen molar-refractivity contribution < 1.29 is 9.59 Å². The van der Waals surface area contributed by atoms with Crippen LogP contribution in [-0.2, 0) is 0 Å². The summed E-state index contributed by atoms with van der Waals surface area (Å²) in [4.78, 5) is 27.3. The average Bonchev–Trinajstić information content (AvgIpc) is 2.90.